The minimum absolute atomic E-state index is 0.0694. The van der Waals surface area contributed by atoms with Crippen LogP contribution in [-0.4, -0.2) is 18.0 Å². The van der Waals surface area contributed by atoms with Crippen molar-refractivity contribution in [2.75, 3.05) is 12.4 Å². The van der Waals surface area contributed by atoms with E-state index in [9.17, 15) is 13.6 Å². The summed E-state index contributed by atoms with van der Waals surface area (Å²) in [6.07, 6.45) is 8.92. The molecular formula is C21H25F2N3O2S. The third kappa shape index (κ3) is 5.67. The number of carbonyl (C=O) groups excluding carboxylic acids is 1. The number of rotatable bonds is 4. The Morgan fingerprint density at radius 3 is 2.76 bits per heavy atom. The highest BCUT2D eigenvalue weighted by Crippen LogP contribution is 2.57. The summed E-state index contributed by atoms with van der Waals surface area (Å²) in [5, 5.41) is 9.20. The van der Waals surface area contributed by atoms with Gasteiger partial charge < -0.3 is 10.1 Å². The minimum atomic E-state index is -0.940. The van der Waals surface area contributed by atoms with Crippen molar-refractivity contribution < 1.29 is 18.3 Å². The zero-order chi connectivity index (χ0) is 20.9. The van der Waals surface area contributed by atoms with Crippen molar-refractivity contribution in [1.82, 2.24) is 4.98 Å². The van der Waals surface area contributed by atoms with Crippen LogP contribution in [0.25, 0.3) is 0 Å². The number of carbonyl (C=O) groups is 1. The number of pyridine rings is 1. The van der Waals surface area contributed by atoms with E-state index in [1.54, 1.807) is 6.20 Å². The van der Waals surface area contributed by atoms with Gasteiger partial charge in [0, 0.05) is 17.8 Å². The molecule has 156 valence electrons. The number of halogens is 2. The second-order valence-electron chi connectivity index (χ2n) is 7.54. The number of hydrogen-bond acceptors (Lipinski definition) is 5. The summed E-state index contributed by atoms with van der Waals surface area (Å²) in [7, 11) is 1.29. The number of aromatic nitrogens is 1. The molecule has 4 rings (SSSR count). The van der Waals surface area contributed by atoms with Gasteiger partial charge in [-0.05, 0) is 73.7 Å². The molecule has 5 nitrogen and oxygen atoms in total. The van der Waals surface area contributed by atoms with E-state index in [2.05, 4.69) is 15.0 Å². The first-order chi connectivity index (χ1) is 14.0. The van der Waals surface area contributed by atoms with Gasteiger partial charge in [0.25, 0.3) is 0 Å². The Morgan fingerprint density at radius 2 is 2.10 bits per heavy atom. The molecule has 1 aromatic heterocycles. The zero-order valence-corrected chi connectivity index (χ0v) is 17.1. The van der Waals surface area contributed by atoms with Crippen molar-refractivity contribution in [3.8, 4) is 5.75 Å². The van der Waals surface area contributed by atoms with E-state index in [0.717, 1.165) is 41.6 Å². The molecule has 1 atom stereocenters. The number of benzene rings is 1. The summed E-state index contributed by atoms with van der Waals surface area (Å²) in [5.74, 6) is -1.56. The van der Waals surface area contributed by atoms with Gasteiger partial charge in [-0.15, -0.1) is 0 Å². The van der Waals surface area contributed by atoms with Crippen LogP contribution in [0.1, 0.15) is 38.5 Å². The SMILES string of the molecule is COc1cccc(F)c1F.NSc1cc(NC(=O)C2CCCC3(CC3)C2)ccn1. The van der Waals surface area contributed by atoms with Gasteiger partial charge in [0.15, 0.2) is 11.6 Å². The monoisotopic (exact) mass is 421 g/mol. The number of nitrogens with one attached hydrogen (secondary N) is 1. The van der Waals surface area contributed by atoms with E-state index >= 15 is 0 Å². The second-order valence-corrected chi connectivity index (χ2v) is 8.19. The highest BCUT2D eigenvalue weighted by molar-refractivity contribution is 7.97. The molecule has 1 spiro atoms. The Bertz CT molecular complexity index is 862. The van der Waals surface area contributed by atoms with Crippen molar-refractivity contribution in [2.45, 2.75) is 43.6 Å². The lowest BCUT2D eigenvalue weighted by molar-refractivity contribution is -0.121. The van der Waals surface area contributed by atoms with E-state index in [1.807, 2.05) is 12.1 Å². The number of nitrogens with zero attached hydrogens (tertiary/aromatic N) is 1. The summed E-state index contributed by atoms with van der Waals surface area (Å²) < 4.78 is 29.3. The van der Waals surface area contributed by atoms with Crippen molar-refractivity contribution in [2.24, 2.45) is 16.5 Å². The fourth-order valence-electron chi connectivity index (χ4n) is 3.74. The quantitative estimate of drug-likeness (QED) is 0.685. The van der Waals surface area contributed by atoms with E-state index < -0.39 is 11.6 Å². The fraction of sp³-hybridized carbons (Fsp3) is 0.429. The molecule has 0 bridgehead atoms. The predicted molar refractivity (Wildman–Crippen MR) is 109 cm³/mol. The first-order valence-electron chi connectivity index (χ1n) is 9.58. The lowest BCUT2D eigenvalue weighted by Gasteiger charge is -2.28. The van der Waals surface area contributed by atoms with Crippen LogP contribution < -0.4 is 15.2 Å². The molecule has 2 aliphatic rings. The van der Waals surface area contributed by atoms with Crippen molar-refractivity contribution >= 4 is 23.5 Å². The first kappa shape index (κ1) is 21.5. The van der Waals surface area contributed by atoms with Crippen LogP contribution in [0, 0.1) is 23.0 Å². The maximum atomic E-state index is 12.5. The van der Waals surface area contributed by atoms with E-state index in [4.69, 9.17) is 5.14 Å². The highest BCUT2D eigenvalue weighted by Gasteiger charge is 2.47. The maximum absolute atomic E-state index is 12.5. The molecule has 1 amide bonds. The third-order valence-electron chi connectivity index (χ3n) is 5.53. The van der Waals surface area contributed by atoms with Crippen LogP contribution in [-0.2, 0) is 4.79 Å². The second kappa shape index (κ2) is 9.54. The number of anilines is 1. The average Bonchev–Trinajstić information content (AvgIpc) is 3.48. The number of methoxy groups -OCH3 is 1. The molecule has 0 aliphatic heterocycles. The largest absolute Gasteiger partial charge is 0.494 e. The number of amides is 1. The summed E-state index contributed by atoms with van der Waals surface area (Å²) in [4.78, 5) is 16.4. The van der Waals surface area contributed by atoms with Crippen LogP contribution in [0.4, 0.5) is 14.5 Å². The van der Waals surface area contributed by atoms with Gasteiger partial charge >= 0.3 is 0 Å². The summed E-state index contributed by atoms with van der Waals surface area (Å²) in [6, 6.07) is 7.42. The van der Waals surface area contributed by atoms with E-state index in [1.165, 1.54) is 44.9 Å². The van der Waals surface area contributed by atoms with Gasteiger partial charge in [-0.3, -0.25) is 9.93 Å². The summed E-state index contributed by atoms with van der Waals surface area (Å²) in [6.45, 7) is 0. The lowest BCUT2D eigenvalue weighted by atomic mass is 9.78. The Hall–Kier alpha value is -2.19. The maximum Gasteiger partial charge on any atom is 0.227 e. The predicted octanol–water partition coefficient (Wildman–Crippen LogP) is 4.93. The highest BCUT2D eigenvalue weighted by atomic mass is 32.2. The molecule has 1 unspecified atom stereocenters. The molecule has 1 heterocycles. The zero-order valence-electron chi connectivity index (χ0n) is 16.3. The van der Waals surface area contributed by atoms with Crippen LogP contribution >= 0.6 is 11.9 Å². The molecular weight excluding hydrogens is 396 g/mol. The van der Waals surface area contributed by atoms with E-state index in [0.29, 0.717) is 5.41 Å². The molecule has 1 aromatic carbocycles. The summed E-state index contributed by atoms with van der Waals surface area (Å²) in [5.41, 5.74) is 1.32. The summed E-state index contributed by atoms with van der Waals surface area (Å²) >= 11 is 1.09. The molecule has 2 fully saturated rings. The molecule has 2 saturated carbocycles. The normalized spacial score (nSPS) is 19.1. The van der Waals surface area contributed by atoms with Crippen LogP contribution in [0.2, 0.25) is 0 Å². The molecule has 2 aromatic rings. The molecule has 29 heavy (non-hydrogen) atoms. The van der Waals surface area contributed by atoms with Gasteiger partial charge in [0.05, 0.1) is 7.11 Å². The topological polar surface area (TPSA) is 77.2 Å². The number of ether oxygens (including phenoxy) is 1. The van der Waals surface area contributed by atoms with Crippen molar-refractivity contribution in [3.63, 3.8) is 0 Å². The van der Waals surface area contributed by atoms with Gasteiger partial charge in [-0.25, -0.2) is 9.37 Å². The molecule has 2 aliphatic carbocycles. The van der Waals surface area contributed by atoms with Gasteiger partial charge in [-0.2, -0.15) is 4.39 Å². The van der Waals surface area contributed by atoms with Crippen LogP contribution in [0.5, 0.6) is 5.75 Å². The first-order valence-corrected chi connectivity index (χ1v) is 10.5. The molecule has 0 saturated heterocycles. The number of hydrogen-bond donors (Lipinski definition) is 2. The van der Waals surface area contributed by atoms with Gasteiger partial charge in [0.2, 0.25) is 11.7 Å². The van der Waals surface area contributed by atoms with Gasteiger partial charge in [-0.1, -0.05) is 12.5 Å². The third-order valence-corrected chi connectivity index (χ3v) is 5.99. The van der Waals surface area contributed by atoms with Gasteiger partial charge in [0.1, 0.15) is 5.03 Å². The van der Waals surface area contributed by atoms with Crippen molar-refractivity contribution in [3.05, 3.63) is 48.2 Å². The standard InChI is InChI=1S/C14H19N3OS.C7H6F2O/c15-19-12-8-11(3-7-16-12)17-13(18)10-2-1-4-14(9-10)5-6-14;1-10-6-4-2-3-5(8)7(6)9/h3,7-8,10H,1-2,4-6,9,15H2,(H,16,17,18);2-4H,1H3. The molecule has 8 heteroatoms. The Balaban J connectivity index is 0.000000204. The Morgan fingerprint density at radius 1 is 1.31 bits per heavy atom. The Labute approximate surface area is 173 Å². The minimum Gasteiger partial charge on any atom is -0.494 e. The van der Waals surface area contributed by atoms with Crippen molar-refractivity contribution in [1.29, 1.82) is 0 Å². The fourth-order valence-corrected chi connectivity index (χ4v) is 4.06. The number of nitrogens with two attached hydrogens (primary N) is 1. The van der Waals surface area contributed by atoms with Crippen LogP contribution in [0.15, 0.2) is 41.6 Å². The smallest absolute Gasteiger partial charge is 0.227 e. The lowest BCUT2D eigenvalue weighted by Crippen LogP contribution is -2.28. The Kier molecular flexibility index (Phi) is 7.08. The van der Waals surface area contributed by atoms with Crippen LogP contribution in [0.3, 0.4) is 0 Å². The van der Waals surface area contributed by atoms with E-state index in [-0.39, 0.29) is 17.6 Å². The molecule has 0 radical (unpaired) electrons. The molecule has 3 N–H and O–H groups in total. The average molecular weight is 422 g/mol.